The molecular weight excluding hydrogens is 190 g/mol. The van der Waals surface area contributed by atoms with E-state index in [0.29, 0.717) is 12.1 Å². The van der Waals surface area contributed by atoms with Gasteiger partial charge in [-0.25, -0.2) is 0 Å². The maximum atomic E-state index is 9.28. The van der Waals surface area contributed by atoms with Crippen LogP contribution in [-0.2, 0) is 6.42 Å². The minimum absolute atomic E-state index is 0.254. The molecule has 0 fully saturated rings. The number of hydrogen-bond donors (Lipinski definition) is 2. The molecule has 0 saturated heterocycles. The fourth-order valence-corrected chi connectivity index (χ4v) is 1.39. The molecule has 1 heterocycles. The molecule has 76 valence electrons. The van der Waals surface area contributed by atoms with Gasteiger partial charge in [-0.1, -0.05) is 12.1 Å². The lowest BCUT2D eigenvalue weighted by Gasteiger charge is -2.01. The Bertz CT molecular complexity index is 427. The van der Waals surface area contributed by atoms with Gasteiger partial charge in [0.2, 0.25) is 0 Å². The van der Waals surface area contributed by atoms with Crippen molar-refractivity contribution < 1.29 is 5.11 Å². The van der Waals surface area contributed by atoms with Gasteiger partial charge in [0, 0.05) is 6.42 Å². The fourth-order valence-electron chi connectivity index (χ4n) is 1.39. The lowest BCUT2D eigenvalue weighted by Crippen LogP contribution is -1.96. The Hall–Kier alpha value is -2.10. The van der Waals surface area contributed by atoms with E-state index >= 15 is 0 Å². The molecule has 0 unspecified atom stereocenters. The summed E-state index contributed by atoms with van der Waals surface area (Å²) in [4.78, 5) is 0. The van der Waals surface area contributed by atoms with Gasteiger partial charge in [0.05, 0.1) is 17.6 Å². The highest BCUT2D eigenvalue weighted by molar-refractivity contribution is 5.37. The second-order valence-electron chi connectivity index (χ2n) is 3.33. The molecule has 1 aromatic heterocycles. The standard InChI is InChI=1S/C11H11N3O/c12-9-6-10(14-13-7-9)4-8-2-1-3-11(15)5-8/h1-3,5-7,15H,4H2,(H2,12,14). The monoisotopic (exact) mass is 201 g/mol. The summed E-state index contributed by atoms with van der Waals surface area (Å²) in [5.41, 5.74) is 7.96. The Balaban J connectivity index is 2.22. The van der Waals surface area contributed by atoms with Gasteiger partial charge in [0.1, 0.15) is 5.75 Å². The molecule has 3 N–H and O–H groups in total. The number of rotatable bonds is 2. The number of nitrogen functional groups attached to an aromatic ring is 1. The van der Waals surface area contributed by atoms with Gasteiger partial charge in [-0.05, 0) is 23.8 Å². The maximum Gasteiger partial charge on any atom is 0.115 e. The van der Waals surface area contributed by atoms with E-state index in [1.54, 1.807) is 24.3 Å². The summed E-state index contributed by atoms with van der Waals surface area (Å²) in [5.74, 6) is 0.254. The third-order valence-electron chi connectivity index (χ3n) is 2.02. The molecule has 2 rings (SSSR count). The molecule has 4 heteroatoms. The molecule has 0 bridgehead atoms. The lowest BCUT2D eigenvalue weighted by atomic mass is 10.1. The van der Waals surface area contributed by atoms with Gasteiger partial charge in [-0.15, -0.1) is 0 Å². The summed E-state index contributed by atoms with van der Waals surface area (Å²) < 4.78 is 0. The lowest BCUT2D eigenvalue weighted by molar-refractivity contribution is 0.474. The Morgan fingerprint density at radius 2 is 2.13 bits per heavy atom. The summed E-state index contributed by atoms with van der Waals surface area (Å²) in [6, 6.07) is 8.82. The predicted molar refractivity (Wildman–Crippen MR) is 57.4 cm³/mol. The van der Waals surface area contributed by atoms with Crippen LogP contribution < -0.4 is 5.73 Å². The van der Waals surface area contributed by atoms with E-state index in [2.05, 4.69) is 10.2 Å². The highest BCUT2D eigenvalue weighted by Gasteiger charge is 1.99. The number of nitrogens with zero attached hydrogens (tertiary/aromatic N) is 2. The van der Waals surface area contributed by atoms with Crippen molar-refractivity contribution in [2.45, 2.75) is 6.42 Å². The van der Waals surface area contributed by atoms with Crippen molar-refractivity contribution in [1.82, 2.24) is 10.2 Å². The van der Waals surface area contributed by atoms with Gasteiger partial charge in [-0.2, -0.15) is 10.2 Å². The van der Waals surface area contributed by atoms with Crippen LogP contribution in [0.3, 0.4) is 0 Å². The number of nitrogens with two attached hydrogens (primary N) is 1. The van der Waals surface area contributed by atoms with E-state index in [4.69, 9.17) is 5.73 Å². The Labute approximate surface area is 87.4 Å². The second-order valence-corrected chi connectivity index (χ2v) is 3.33. The number of phenolic OH excluding ortho intramolecular Hbond substituents is 1. The quantitative estimate of drug-likeness (QED) is 0.769. The highest BCUT2D eigenvalue weighted by atomic mass is 16.3. The number of aromatic hydroxyl groups is 1. The maximum absolute atomic E-state index is 9.28. The van der Waals surface area contributed by atoms with Gasteiger partial charge < -0.3 is 10.8 Å². The average Bonchev–Trinajstić information content (AvgIpc) is 2.17. The molecule has 1 aromatic carbocycles. The van der Waals surface area contributed by atoms with E-state index in [1.807, 2.05) is 6.07 Å². The van der Waals surface area contributed by atoms with E-state index < -0.39 is 0 Å². The summed E-state index contributed by atoms with van der Waals surface area (Å²) in [5, 5.41) is 17.0. The zero-order valence-electron chi connectivity index (χ0n) is 8.09. The first-order valence-corrected chi connectivity index (χ1v) is 4.59. The SMILES string of the molecule is Nc1cnnc(Cc2cccc(O)c2)c1. The molecule has 0 aliphatic rings. The van der Waals surface area contributed by atoms with Crippen LogP contribution in [0.25, 0.3) is 0 Å². The molecular formula is C11H11N3O. The van der Waals surface area contributed by atoms with E-state index in [1.165, 1.54) is 6.20 Å². The van der Waals surface area contributed by atoms with Crippen LogP contribution in [0, 0.1) is 0 Å². The molecule has 0 aliphatic heterocycles. The fraction of sp³-hybridized carbons (Fsp3) is 0.0909. The van der Waals surface area contributed by atoms with Crippen molar-refractivity contribution in [2.75, 3.05) is 5.73 Å². The smallest absolute Gasteiger partial charge is 0.115 e. The van der Waals surface area contributed by atoms with Crippen LogP contribution >= 0.6 is 0 Å². The van der Waals surface area contributed by atoms with Gasteiger partial charge in [0.25, 0.3) is 0 Å². The van der Waals surface area contributed by atoms with E-state index in [-0.39, 0.29) is 5.75 Å². The van der Waals surface area contributed by atoms with Crippen molar-refractivity contribution in [3.63, 3.8) is 0 Å². The zero-order valence-corrected chi connectivity index (χ0v) is 8.09. The molecule has 0 radical (unpaired) electrons. The first kappa shape index (κ1) is 9.45. The number of aromatic nitrogens is 2. The van der Waals surface area contributed by atoms with Crippen LogP contribution in [0.4, 0.5) is 5.69 Å². The second kappa shape index (κ2) is 3.96. The molecule has 0 atom stereocenters. The molecule has 0 amide bonds. The molecule has 0 saturated carbocycles. The summed E-state index contributed by atoms with van der Waals surface area (Å²) in [6.45, 7) is 0. The first-order valence-electron chi connectivity index (χ1n) is 4.59. The van der Waals surface area contributed by atoms with Gasteiger partial charge >= 0.3 is 0 Å². The van der Waals surface area contributed by atoms with Crippen LogP contribution in [0.2, 0.25) is 0 Å². The number of hydrogen-bond acceptors (Lipinski definition) is 4. The Morgan fingerprint density at radius 3 is 2.87 bits per heavy atom. The third kappa shape index (κ3) is 2.43. The highest BCUT2D eigenvalue weighted by Crippen LogP contribution is 2.14. The molecule has 15 heavy (non-hydrogen) atoms. The van der Waals surface area contributed by atoms with Crippen molar-refractivity contribution in [1.29, 1.82) is 0 Å². The van der Waals surface area contributed by atoms with E-state index in [0.717, 1.165) is 11.3 Å². The number of benzene rings is 1. The van der Waals surface area contributed by atoms with Crippen molar-refractivity contribution in [3.8, 4) is 5.75 Å². The van der Waals surface area contributed by atoms with Crippen LogP contribution in [0.15, 0.2) is 36.5 Å². The number of anilines is 1. The molecule has 4 nitrogen and oxygen atoms in total. The molecule has 0 spiro atoms. The Morgan fingerprint density at radius 1 is 1.27 bits per heavy atom. The van der Waals surface area contributed by atoms with Gasteiger partial charge in [-0.3, -0.25) is 0 Å². The van der Waals surface area contributed by atoms with Gasteiger partial charge in [0.15, 0.2) is 0 Å². The largest absolute Gasteiger partial charge is 0.508 e. The average molecular weight is 201 g/mol. The summed E-state index contributed by atoms with van der Waals surface area (Å²) in [6.07, 6.45) is 2.12. The van der Waals surface area contributed by atoms with E-state index in [9.17, 15) is 5.11 Å². The predicted octanol–water partition coefficient (Wildman–Crippen LogP) is 1.36. The molecule has 2 aromatic rings. The van der Waals surface area contributed by atoms with Crippen molar-refractivity contribution in [3.05, 3.63) is 47.8 Å². The van der Waals surface area contributed by atoms with Crippen LogP contribution in [-0.4, -0.2) is 15.3 Å². The summed E-state index contributed by atoms with van der Waals surface area (Å²) >= 11 is 0. The minimum atomic E-state index is 0.254. The van der Waals surface area contributed by atoms with Crippen LogP contribution in [0.5, 0.6) is 5.75 Å². The number of phenols is 1. The normalized spacial score (nSPS) is 10.1. The zero-order chi connectivity index (χ0) is 10.7. The third-order valence-corrected chi connectivity index (χ3v) is 2.02. The first-order chi connectivity index (χ1) is 7.24. The van der Waals surface area contributed by atoms with Crippen molar-refractivity contribution in [2.24, 2.45) is 0 Å². The Kier molecular flexibility index (Phi) is 2.49. The molecule has 0 aliphatic carbocycles. The minimum Gasteiger partial charge on any atom is -0.508 e. The topological polar surface area (TPSA) is 72.0 Å². The van der Waals surface area contributed by atoms with Crippen LogP contribution in [0.1, 0.15) is 11.3 Å². The van der Waals surface area contributed by atoms with Crippen molar-refractivity contribution >= 4 is 5.69 Å². The summed E-state index contributed by atoms with van der Waals surface area (Å²) in [7, 11) is 0.